The van der Waals surface area contributed by atoms with E-state index in [0.717, 1.165) is 41.8 Å². The molecule has 1 aliphatic carbocycles. The maximum Gasteiger partial charge on any atom is 0.350 e. The van der Waals surface area contributed by atoms with E-state index in [4.69, 9.17) is 27.9 Å². The molecule has 5 rings (SSSR count). The third-order valence-electron chi connectivity index (χ3n) is 5.91. The van der Waals surface area contributed by atoms with Crippen molar-refractivity contribution < 1.29 is 9.53 Å². The molecule has 3 nitrogen and oxygen atoms in total. The summed E-state index contributed by atoms with van der Waals surface area (Å²) in [6.45, 7) is 0. The smallest absolute Gasteiger partial charge is 0.350 e. The lowest BCUT2D eigenvalue weighted by atomic mass is 9.91. The van der Waals surface area contributed by atoms with E-state index in [1.165, 1.54) is 5.56 Å². The van der Waals surface area contributed by atoms with E-state index >= 15 is 0 Å². The molecule has 3 aromatic rings. The van der Waals surface area contributed by atoms with Gasteiger partial charge < -0.3 is 9.64 Å². The number of carbonyl (C=O) groups is 1. The zero-order chi connectivity index (χ0) is 21.4. The molecule has 0 N–H and O–H groups in total. The lowest BCUT2D eigenvalue weighted by Gasteiger charge is -2.43. The van der Waals surface area contributed by atoms with Crippen LogP contribution < -0.4 is 4.90 Å². The highest BCUT2D eigenvalue weighted by Gasteiger charge is 2.54. The summed E-state index contributed by atoms with van der Waals surface area (Å²) in [6.07, 6.45) is 2.56. The van der Waals surface area contributed by atoms with Crippen LogP contribution in [0.25, 0.3) is 5.76 Å². The van der Waals surface area contributed by atoms with E-state index in [2.05, 4.69) is 11.0 Å². The third-order valence-corrected chi connectivity index (χ3v) is 6.64. The number of carbonyl (C=O) groups excluding carboxylic acids is 1. The van der Waals surface area contributed by atoms with Crippen molar-refractivity contribution in [1.29, 1.82) is 0 Å². The van der Waals surface area contributed by atoms with Crippen molar-refractivity contribution in [3.8, 4) is 0 Å². The first-order chi connectivity index (χ1) is 15.1. The molecule has 0 aromatic heterocycles. The van der Waals surface area contributed by atoms with E-state index < -0.39 is 16.3 Å². The number of nitrogens with zero attached hydrogens (tertiary/aromatic N) is 1. The van der Waals surface area contributed by atoms with Crippen LogP contribution in [0, 0.1) is 0 Å². The lowest BCUT2D eigenvalue weighted by molar-refractivity contribution is -0.138. The fourth-order valence-electron chi connectivity index (χ4n) is 4.53. The molecule has 0 saturated carbocycles. The predicted octanol–water partition coefficient (Wildman–Crippen LogP) is 6.67. The maximum atomic E-state index is 13.1. The highest BCUT2D eigenvalue weighted by atomic mass is 35.5. The predicted molar refractivity (Wildman–Crippen MR) is 126 cm³/mol. The highest BCUT2D eigenvalue weighted by molar-refractivity contribution is 6.59. The molecule has 1 atom stereocenters. The van der Waals surface area contributed by atoms with E-state index in [1.54, 1.807) is 0 Å². The van der Waals surface area contributed by atoms with Gasteiger partial charge in [0.05, 0.1) is 0 Å². The van der Waals surface area contributed by atoms with Crippen LogP contribution in [0.2, 0.25) is 0 Å². The molecule has 0 fully saturated rings. The van der Waals surface area contributed by atoms with Crippen molar-refractivity contribution in [1.82, 2.24) is 0 Å². The van der Waals surface area contributed by atoms with Crippen molar-refractivity contribution >= 4 is 46.3 Å². The van der Waals surface area contributed by atoms with Gasteiger partial charge in [-0.15, -0.1) is 0 Å². The maximum absolute atomic E-state index is 13.1. The topological polar surface area (TPSA) is 29.5 Å². The minimum atomic E-state index is -1.76. The molecule has 0 spiro atoms. The van der Waals surface area contributed by atoms with Gasteiger partial charge in [0.15, 0.2) is 0 Å². The minimum Gasteiger partial charge on any atom is -0.424 e. The molecule has 156 valence electrons. The average molecular weight is 450 g/mol. The van der Waals surface area contributed by atoms with Gasteiger partial charge in [-0.2, -0.15) is 0 Å². The summed E-state index contributed by atoms with van der Waals surface area (Å²) < 4.78 is 4.05. The van der Waals surface area contributed by atoms with Crippen molar-refractivity contribution in [2.45, 2.75) is 29.6 Å². The van der Waals surface area contributed by atoms with Gasteiger partial charge in [0.1, 0.15) is 11.8 Å². The molecule has 31 heavy (non-hydrogen) atoms. The first-order valence-corrected chi connectivity index (χ1v) is 11.1. The van der Waals surface area contributed by atoms with Crippen molar-refractivity contribution in [2.75, 3.05) is 4.90 Å². The molecule has 3 aromatic carbocycles. The number of esters is 1. The molecular weight excluding hydrogens is 429 g/mol. The Hall–Kier alpha value is -2.75. The second-order valence-corrected chi connectivity index (χ2v) is 9.21. The molecule has 0 amide bonds. The summed E-state index contributed by atoms with van der Waals surface area (Å²) in [4.78, 5) is 15.2. The second-order valence-electron chi connectivity index (χ2n) is 7.82. The molecule has 1 heterocycles. The number of fused-ring (bicyclic) bond motifs is 2. The van der Waals surface area contributed by atoms with Gasteiger partial charge in [0.2, 0.25) is 4.33 Å². The monoisotopic (exact) mass is 449 g/mol. The van der Waals surface area contributed by atoms with Gasteiger partial charge >= 0.3 is 5.97 Å². The highest BCUT2D eigenvalue weighted by Crippen LogP contribution is 2.49. The van der Waals surface area contributed by atoms with Gasteiger partial charge in [-0.3, -0.25) is 0 Å². The zero-order valence-corrected chi connectivity index (χ0v) is 18.3. The van der Waals surface area contributed by atoms with Crippen LogP contribution in [0.3, 0.4) is 0 Å². The van der Waals surface area contributed by atoms with Crippen LogP contribution >= 0.6 is 23.2 Å². The number of alkyl halides is 2. The van der Waals surface area contributed by atoms with Crippen LogP contribution in [-0.2, 0) is 16.0 Å². The largest absolute Gasteiger partial charge is 0.424 e. The van der Waals surface area contributed by atoms with E-state index in [9.17, 15) is 4.79 Å². The summed E-state index contributed by atoms with van der Waals surface area (Å²) >= 11 is 13.6. The SMILES string of the molecule is O=C1OC2=C(CCCc3ccccc32)[C@@H](N(c2ccccc2)c2ccccc2)C1(Cl)Cl. The van der Waals surface area contributed by atoms with E-state index in [0.29, 0.717) is 5.76 Å². The summed E-state index contributed by atoms with van der Waals surface area (Å²) in [5.74, 6) is -0.0509. The molecular formula is C26H21Cl2NO2. The fraction of sp³-hybridized carbons (Fsp3) is 0.192. The fourth-order valence-corrected chi connectivity index (χ4v) is 5.07. The Morgan fingerprint density at radius 1 is 0.806 bits per heavy atom. The number of halogens is 2. The van der Waals surface area contributed by atoms with Crippen LogP contribution in [0.1, 0.15) is 24.0 Å². The quantitative estimate of drug-likeness (QED) is 0.330. The van der Waals surface area contributed by atoms with Gasteiger partial charge in [-0.25, -0.2) is 4.79 Å². The molecule has 0 bridgehead atoms. The molecule has 1 aliphatic heterocycles. The van der Waals surface area contributed by atoms with Crippen LogP contribution in [0.5, 0.6) is 0 Å². The van der Waals surface area contributed by atoms with Crippen LogP contribution in [-0.4, -0.2) is 16.3 Å². The zero-order valence-electron chi connectivity index (χ0n) is 16.8. The Bertz CT molecular complexity index is 1100. The van der Waals surface area contributed by atoms with Gasteiger partial charge in [0.25, 0.3) is 0 Å². The first kappa shape index (κ1) is 20.2. The Kier molecular flexibility index (Phi) is 5.25. The van der Waals surface area contributed by atoms with Gasteiger partial charge in [0, 0.05) is 16.9 Å². The van der Waals surface area contributed by atoms with E-state index in [1.807, 2.05) is 78.9 Å². The standard InChI is InChI=1S/C26H21Cl2NO2/c27-26(28)24(29(19-12-3-1-4-13-19)20-14-5-2-6-15-20)22-17-9-11-18-10-7-8-16-21(18)23(22)31-25(26)30/h1-8,10,12-16,24H,9,11,17H2/t24-/m1/s1. The number of benzene rings is 3. The van der Waals surface area contributed by atoms with Crippen LogP contribution in [0.4, 0.5) is 11.4 Å². The minimum absolute atomic E-state index is 0.594. The molecule has 0 unspecified atom stereocenters. The van der Waals surface area contributed by atoms with Gasteiger partial charge in [-0.05, 0) is 54.7 Å². The second kappa shape index (κ2) is 8.07. The number of anilines is 2. The molecule has 5 heteroatoms. The number of aryl methyl sites for hydroxylation is 1. The molecule has 0 saturated heterocycles. The summed E-state index contributed by atoms with van der Waals surface area (Å²) in [5.41, 5.74) is 4.87. The van der Waals surface area contributed by atoms with Crippen molar-refractivity contribution in [3.63, 3.8) is 0 Å². The van der Waals surface area contributed by atoms with Crippen LogP contribution in [0.15, 0.2) is 90.5 Å². The normalized spacial score (nSPS) is 19.7. The summed E-state index contributed by atoms with van der Waals surface area (Å²) in [5, 5.41) is 0. The Balaban J connectivity index is 1.77. The number of ether oxygens (including phenoxy) is 1. The first-order valence-electron chi connectivity index (χ1n) is 10.4. The summed E-state index contributed by atoms with van der Waals surface area (Å²) in [7, 11) is 0. The summed E-state index contributed by atoms with van der Waals surface area (Å²) in [6, 6.07) is 27.3. The molecule has 2 aliphatic rings. The third kappa shape index (κ3) is 3.52. The van der Waals surface area contributed by atoms with Gasteiger partial charge in [-0.1, -0.05) is 83.9 Å². The number of hydrogen-bond donors (Lipinski definition) is 0. The Morgan fingerprint density at radius 2 is 1.39 bits per heavy atom. The van der Waals surface area contributed by atoms with Crippen molar-refractivity contribution in [3.05, 3.63) is 102 Å². The Labute approximate surface area is 191 Å². The average Bonchev–Trinajstić information content (AvgIpc) is 2.97. The number of para-hydroxylation sites is 2. The number of rotatable bonds is 3. The number of hydrogen-bond acceptors (Lipinski definition) is 3. The van der Waals surface area contributed by atoms with E-state index in [-0.39, 0.29) is 0 Å². The Morgan fingerprint density at radius 3 is 2.03 bits per heavy atom. The van der Waals surface area contributed by atoms with Crippen molar-refractivity contribution in [2.24, 2.45) is 0 Å². The lowest BCUT2D eigenvalue weighted by Crippen LogP contribution is -2.53. The molecule has 0 radical (unpaired) electrons.